The SMILES string of the molecule is CCCN(Cc1ccccc1F)C(=O)/C=C/c1cc(CO)cs1. The van der Waals surface area contributed by atoms with Crippen LogP contribution in [0.3, 0.4) is 0 Å². The molecule has 0 fully saturated rings. The second kappa shape index (κ2) is 8.60. The predicted octanol–water partition coefficient (Wildman–Crippen LogP) is 3.83. The molecule has 0 unspecified atom stereocenters. The minimum Gasteiger partial charge on any atom is -0.392 e. The smallest absolute Gasteiger partial charge is 0.246 e. The van der Waals surface area contributed by atoms with Crippen LogP contribution in [0.25, 0.3) is 6.08 Å². The topological polar surface area (TPSA) is 40.5 Å². The summed E-state index contributed by atoms with van der Waals surface area (Å²) in [7, 11) is 0. The highest BCUT2D eigenvalue weighted by molar-refractivity contribution is 7.11. The number of hydrogen-bond donors (Lipinski definition) is 1. The number of halogens is 1. The van der Waals surface area contributed by atoms with Crippen molar-refractivity contribution in [1.82, 2.24) is 4.90 Å². The van der Waals surface area contributed by atoms with Crippen molar-refractivity contribution in [3.63, 3.8) is 0 Å². The van der Waals surface area contributed by atoms with Gasteiger partial charge in [-0.15, -0.1) is 11.3 Å². The molecule has 0 bridgehead atoms. The van der Waals surface area contributed by atoms with Crippen LogP contribution in [0.5, 0.6) is 0 Å². The van der Waals surface area contributed by atoms with Gasteiger partial charge < -0.3 is 10.0 Å². The van der Waals surface area contributed by atoms with E-state index in [1.165, 1.54) is 23.5 Å². The van der Waals surface area contributed by atoms with E-state index in [2.05, 4.69) is 0 Å². The maximum absolute atomic E-state index is 13.8. The molecule has 1 aromatic carbocycles. The van der Waals surface area contributed by atoms with Gasteiger partial charge in [-0.05, 0) is 35.6 Å². The Morgan fingerprint density at radius 2 is 2.17 bits per heavy atom. The van der Waals surface area contributed by atoms with Crippen LogP contribution in [0, 0.1) is 5.82 Å². The summed E-state index contributed by atoms with van der Waals surface area (Å²) in [5.41, 5.74) is 1.35. The minimum absolute atomic E-state index is 0.00642. The van der Waals surface area contributed by atoms with Crippen LogP contribution in [-0.4, -0.2) is 22.5 Å². The highest BCUT2D eigenvalue weighted by Gasteiger charge is 2.12. The lowest BCUT2D eigenvalue weighted by Crippen LogP contribution is -2.30. The fraction of sp³-hybridized carbons (Fsp3) is 0.278. The minimum atomic E-state index is -0.295. The first kappa shape index (κ1) is 17.4. The average molecular weight is 333 g/mol. The molecular weight excluding hydrogens is 313 g/mol. The normalized spacial score (nSPS) is 11.1. The molecule has 1 amide bonds. The van der Waals surface area contributed by atoms with Crippen molar-refractivity contribution >= 4 is 23.3 Å². The number of aliphatic hydroxyl groups excluding tert-OH is 1. The van der Waals surface area contributed by atoms with Crippen molar-refractivity contribution in [2.45, 2.75) is 26.5 Å². The fourth-order valence-electron chi connectivity index (χ4n) is 2.19. The van der Waals surface area contributed by atoms with Gasteiger partial charge in [0.05, 0.1) is 6.61 Å². The Morgan fingerprint density at radius 3 is 2.83 bits per heavy atom. The molecule has 1 aromatic heterocycles. The first-order valence-corrected chi connectivity index (χ1v) is 8.40. The maximum Gasteiger partial charge on any atom is 0.246 e. The van der Waals surface area contributed by atoms with E-state index < -0.39 is 0 Å². The molecule has 0 aliphatic carbocycles. The Morgan fingerprint density at radius 1 is 1.39 bits per heavy atom. The molecule has 0 atom stereocenters. The third kappa shape index (κ3) is 5.01. The highest BCUT2D eigenvalue weighted by Crippen LogP contribution is 2.17. The van der Waals surface area contributed by atoms with Gasteiger partial charge in [-0.25, -0.2) is 4.39 Å². The zero-order valence-corrected chi connectivity index (χ0v) is 13.9. The number of hydrogen-bond acceptors (Lipinski definition) is 3. The molecule has 2 aromatic rings. The Bertz CT molecular complexity index is 681. The summed E-state index contributed by atoms with van der Waals surface area (Å²) in [6.07, 6.45) is 4.04. The number of thiophene rings is 1. The summed E-state index contributed by atoms with van der Waals surface area (Å²) in [6.45, 7) is 2.81. The number of benzene rings is 1. The Labute approximate surface area is 139 Å². The maximum atomic E-state index is 13.8. The van der Waals surface area contributed by atoms with E-state index >= 15 is 0 Å². The molecule has 122 valence electrons. The molecule has 1 N–H and O–H groups in total. The molecule has 0 radical (unpaired) electrons. The van der Waals surface area contributed by atoms with E-state index in [0.29, 0.717) is 12.1 Å². The molecular formula is C18H20FNO2S. The molecule has 0 spiro atoms. The molecule has 0 aliphatic heterocycles. The van der Waals surface area contributed by atoms with Gasteiger partial charge >= 0.3 is 0 Å². The van der Waals surface area contributed by atoms with Crippen LogP contribution < -0.4 is 0 Å². The largest absolute Gasteiger partial charge is 0.392 e. The Kier molecular flexibility index (Phi) is 6.50. The van der Waals surface area contributed by atoms with Crippen LogP contribution in [-0.2, 0) is 17.9 Å². The second-order valence-electron chi connectivity index (χ2n) is 5.20. The van der Waals surface area contributed by atoms with E-state index in [1.807, 2.05) is 18.4 Å². The summed E-state index contributed by atoms with van der Waals surface area (Å²) in [6, 6.07) is 8.35. The third-order valence-electron chi connectivity index (χ3n) is 3.37. The van der Waals surface area contributed by atoms with E-state index in [-0.39, 0.29) is 24.9 Å². The second-order valence-corrected chi connectivity index (χ2v) is 6.14. The number of amides is 1. The van der Waals surface area contributed by atoms with Crippen molar-refractivity contribution in [1.29, 1.82) is 0 Å². The highest BCUT2D eigenvalue weighted by atomic mass is 32.1. The van der Waals surface area contributed by atoms with Gasteiger partial charge in [0.25, 0.3) is 0 Å². The van der Waals surface area contributed by atoms with Gasteiger partial charge in [0.2, 0.25) is 5.91 Å². The fourth-order valence-corrected chi connectivity index (χ4v) is 2.99. The summed E-state index contributed by atoms with van der Waals surface area (Å²) in [5.74, 6) is -0.440. The Balaban J connectivity index is 2.07. The number of carbonyl (C=O) groups excluding carboxylic acids is 1. The standard InChI is InChI=1S/C18H20FNO2S/c1-2-9-20(11-15-5-3-4-6-17(15)19)18(22)8-7-16-10-14(12-21)13-23-16/h3-8,10,13,21H,2,9,11-12H2,1H3/b8-7+. The first-order chi connectivity index (χ1) is 11.1. The van der Waals surface area contributed by atoms with E-state index in [0.717, 1.165) is 16.9 Å². The van der Waals surface area contributed by atoms with Gasteiger partial charge in [-0.3, -0.25) is 4.79 Å². The molecule has 2 rings (SSSR count). The summed E-state index contributed by atoms with van der Waals surface area (Å²) < 4.78 is 13.8. The van der Waals surface area contributed by atoms with Crippen molar-refractivity contribution in [2.24, 2.45) is 0 Å². The van der Waals surface area contributed by atoms with Crippen molar-refractivity contribution < 1.29 is 14.3 Å². The van der Waals surface area contributed by atoms with Crippen molar-refractivity contribution in [3.05, 3.63) is 63.6 Å². The van der Waals surface area contributed by atoms with Crippen LogP contribution in [0.15, 0.2) is 41.8 Å². The van der Waals surface area contributed by atoms with Crippen LogP contribution in [0.1, 0.15) is 29.3 Å². The van der Waals surface area contributed by atoms with Gasteiger partial charge in [-0.2, -0.15) is 0 Å². The third-order valence-corrected chi connectivity index (χ3v) is 4.32. The quantitative estimate of drug-likeness (QED) is 0.782. The zero-order chi connectivity index (χ0) is 16.7. The lowest BCUT2D eigenvalue weighted by Gasteiger charge is -2.21. The van der Waals surface area contributed by atoms with Crippen LogP contribution in [0.4, 0.5) is 4.39 Å². The van der Waals surface area contributed by atoms with E-state index in [4.69, 9.17) is 5.11 Å². The summed E-state index contributed by atoms with van der Waals surface area (Å²) in [4.78, 5) is 14.9. The lowest BCUT2D eigenvalue weighted by molar-refractivity contribution is -0.126. The van der Waals surface area contributed by atoms with Gasteiger partial charge in [-0.1, -0.05) is 25.1 Å². The molecule has 3 nitrogen and oxygen atoms in total. The van der Waals surface area contributed by atoms with Crippen LogP contribution >= 0.6 is 11.3 Å². The van der Waals surface area contributed by atoms with Crippen LogP contribution in [0.2, 0.25) is 0 Å². The average Bonchev–Trinajstić information content (AvgIpc) is 3.02. The molecule has 1 heterocycles. The number of carbonyl (C=O) groups is 1. The van der Waals surface area contributed by atoms with Crippen molar-refractivity contribution in [3.8, 4) is 0 Å². The van der Waals surface area contributed by atoms with E-state index in [1.54, 1.807) is 29.2 Å². The number of rotatable bonds is 7. The molecule has 5 heteroatoms. The first-order valence-electron chi connectivity index (χ1n) is 7.52. The zero-order valence-electron chi connectivity index (χ0n) is 13.0. The number of nitrogens with zero attached hydrogens (tertiary/aromatic N) is 1. The van der Waals surface area contributed by atoms with Gasteiger partial charge in [0, 0.05) is 29.6 Å². The van der Waals surface area contributed by atoms with Gasteiger partial charge in [0.15, 0.2) is 0 Å². The van der Waals surface area contributed by atoms with Gasteiger partial charge in [0.1, 0.15) is 5.82 Å². The monoisotopic (exact) mass is 333 g/mol. The Hall–Kier alpha value is -1.98. The molecule has 23 heavy (non-hydrogen) atoms. The molecule has 0 aliphatic rings. The summed E-state index contributed by atoms with van der Waals surface area (Å²) in [5, 5.41) is 10.9. The lowest BCUT2D eigenvalue weighted by atomic mass is 10.2. The number of aliphatic hydroxyl groups is 1. The summed E-state index contributed by atoms with van der Waals surface area (Å²) >= 11 is 1.47. The predicted molar refractivity (Wildman–Crippen MR) is 91.4 cm³/mol. The van der Waals surface area contributed by atoms with E-state index in [9.17, 15) is 9.18 Å². The molecule has 0 saturated heterocycles. The van der Waals surface area contributed by atoms with Crippen molar-refractivity contribution in [2.75, 3.05) is 6.54 Å². The molecule has 0 saturated carbocycles.